The van der Waals surface area contributed by atoms with E-state index in [-0.39, 0.29) is 11.8 Å². The first kappa shape index (κ1) is 19.9. The zero-order chi connectivity index (χ0) is 22.9. The van der Waals surface area contributed by atoms with Gasteiger partial charge in [0.2, 0.25) is 11.8 Å². The summed E-state index contributed by atoms with van der Waals surface area (Å²) in [6.45, 7) is 0. The number of H-pyrrole nitrogens is 1. The molecule has 1 amide bonds. The van der Waals surface area contributed by atoms with Crippen molar-refractivity contribution < 1.29 is 4.79 Å². The molecule has 0 fully saturated rings. The Morgan fingerprint density at radius 2 is 1.74 bits per heavy atom. The Hall–Kier alpha value is -4.70. The Kier molecular flexibility index (Phi) is 4.89. The third-order valence-corrected chi connectivity index (χ3v) is 5.97. The van der Waals surface area contributed by atoms with Crippen LogP contribution in [0.25, 0.3) is 38.8 Å². The van der Waals surface area contributed by atoms with Crippen LogP contribution in [0.5, 0.6) is 0 Å². The van der Waals surface area contributed by atoms with Gasteiger partial charge in [-0.05, 0) is 35.7 Å². The fourth-order valence-corrected chi connectivity index (χ4v) is 4.21. The zero-order valence-corrected chi connectivity index (χ0v) is 18.4. The number of hydrogen-bond acceptors (Lipinski definition) is 7. The predicted octanol–water partition coefficient (Wildman–Crippen LogP) is 4.58. The minimum absolute atomic E-state index is 0.0161. The molecule has 0 aliphatic rings. The van der Waals surface area contributed by atoms with Crippen molar-refractivity contribution in [3.63, 3.8) is 0 Å². The molecule has 6 aromatic rings. The fraction of sp³-hybridized carbons (Fsp3) is 0. The van der Waals surface area contributed by atoms with Crippen LogP contribution in [0.4, 0.5) is 5.95 Å². The lowest BCUT2D eigenvalue weighted by Gasteiger charge is -2.03. The van der Waals surface area contributed by atoms with E-state index in [1.54, 1.807) is 4.68 Å². The Labute approximate surface area is 197 Å². The van der Waals surface area contributed by atoms with Gasteiger partial charge in [0.25, 0.3) is 5.91 Å². The van der Waals surface area contributed by atoms with Crippen LogP contribution in [0.3, 0.4) is 0 Å². The van der Waals surface area contributed by atoms with Gasteiger partial charge < -0.3 is 0 Å². The zero-order valence-electron chi connectivity index (χ0n) is 17.6. The molecule has 0 aliphatic heterocycles. The number of thiophene rings is 1. The number of benzene rings is 2. The van der Waals surface area contributed by atoms with Crippen molar-refractivity contribution in [2.24, 2.45) is 0 Å². The number of nitrogens with zero attached hydrogens (tertiary/aromatic N) is 6. The SMILES string of the molecule is O=C(Nc1n[nH]c(-c2ccc3ccccc3n2)n1)c1nc(-c2cccs2)n(-c2ccccc2)n1. The molecule has 164 valence electrons. The van der Waals surface area contributed by atoms with Crippen LogP contribution in [0.2, 0.25) is 0 Å². The van der Waals surface area contributed by atoms with Gasteiger partial charge in [-0.3, -0.25) is 15.2 Å². The summed E-state index contributed by atoms with van der Waals surface area (Å²) in [5.74, 6) is 0.654. The molecule has 0 radical (unpaired) electrons. The Balaban J connectivity index is 1.28. The van der Waals surface area contributed by atoms with E-state index in [1.807, 2.05) is 84.2 Å². The van der Waals surface area contributed by atoms with Crippen molar-refractivity contribution >= 4 is 34.1 Å². The first-order valence-electron chi connectivity index (χ1n) is 10.4. The van der Waals surface area contributed by atoms with Gasteiger partial charge in [0.15, 0.2) is 11.6 Å². The second-order valence-electron chi connectivity index (χ2n) is 7.33. The van der Waals surface area contributed by atoms with E-state index in [2.05, 4.69) is 35.6 Å². The highest BCUT2D eigenvalue weighted by molar-refractivity contribution is 7.13. The number of anilines is 1. The molecule has 0 atom stereocenters. The molecule has 9 nitrogen and oxygen atoms in total. The molecule has 0 saturated heterocycles. The number of aromatic nitrogens is 7. The number of carbonyl (C=O) groups excluding carboxylic acids is 1. The molecule has 2 N–H and O–H groups in total. The lowest BCUT2D eigenvalue weighted by atomic mass is 10.2. The highest BCUT2D eigenvalue weighted by Crippen LogP contribution is 2.26. The highest BCUT2D eigenvalue weighted by Gasteiger charge is 2.21. The lowest BCUT2D eigenvalue weighted by molar-refractivity contribution is 0.101. The van der Waals surface area contributed by atoms with Gasteiger partial charge in [-0.15, -0.1) is 21.5 Å². The van der Waals surface area contributed by atoms with Crippen molar-refractivity contribution in [2.45, 2.75) is 0 Å². The van der Waals surface area contributed by atoms with E-state index in [4.69, 9.17) is 0 Å². The van der Waals surface area contributed by atoms with Gasteiger partial charge in [-0.2, -0.15) is 4.98 Å². The molecule has 0 unspecified atom stereocenters. The van der Waals surface area contributed by atoms with Gasteiger partial charge in [0.05, 0.1) is 16.1 Å². The summed E-state index contributed by atoms with van der Waals surface area (Å²) in [5.41, 5.74) is 2.27. The predicted molar refractivity (Wildman–Crippen MR) is 130 cm³/mol. The lowest BCUT2D eigenvalue weighted by Crippen LogP contribution is -2.15. The van der Waals surface area contributed by atoms with Crippen molar-refractivity contribution in [1.82, 2.24) is 34.9 Å². The second-order valence-corrected chi connectivity index (χ2v) is 8.28. The molecular formula is C24H16N8OS. The van der Waals surface area contributed by atoms with Gasteiger partial charge >= 0.3 is 0 Å². The number of hydrogen-bond donors (Lipinski definition) is 2. The average molecular weight is 465 g/mol. The maximum absolute atomic E-state index is 12.9. The standard InChI is InChI=1S/C24H16N8OS/c33-23(21-26-22(19-11-6-14-34-19)32(31-21)16-8-2-1-3-9-16)28-24-27-20(29-30-24)18-13-12-15-7-4-5-10-17(15)25-18/h1-14H,(H2,27,28,29,30,33). The molecule has 4 aromatic heterocycles. The normalized spacial score (nSPS) is 11.1. The Bertz CT molecular complexity index is 1600. The summed E-state index contributed by atoms with van der Waals surface area (Å²) in [7, 11) is 0. The smallest absolute Gasteiger partial charge is 0.286 e. The fourth-order valence-electron chi connectivity index (χ4n) is 3.51. The molecule has 0 bridgehead atoms. The summed E-state index contributed by atoms with van der Waals surface area (Å²) in [6, 6.07) is 25.0. The molecule has 4 heterocycles. The summed E-state index contributed by atoms with van der Waals surface area (Å²) in [5, 5.41) is 17.0. The van der Waals surface area contributed by atoms with Gasteiger partial charge in [-0.1, -0.05) is 48.5 Å². The third kappa shape index (κ3) is 3.71. The van der Waals surface area contributed by atoms with Crippen LogP contribution >= 0.6 is 11.3 Å². The molecule has 0 spiro atoms. The second kappa shape index (κ2) is 8.34. The van der Waals surface area contributed by atoms with Crippen LogP contribution < -0.4 is 5.32 Å². The summed E-state index contributed by atoms with van der Waals surface area (Å²) in [4.78, 5) is 27.3. The number of rotatable bonds is 5. The first-order valence-corrected chi connectivity index (χ1v) is 11.3. The maximum atomic E-state index is 12.9. The first-order chi connectivity index (χ1) is 16.7. The van der Waals surface area contributed by atoms with Crippen molar-refractivity contribution in [3.8, 4) is 27.9 Å². The number of pyridine rings is 1. The topological polar surface area (TPSA) is 114 Å². The minimum Gasteiger partial charge on any atom is -0.286 e. The minimum atomic E-state index is -0.510. The quantitative estimate of drug-likeness (QED) is 0.386. The van der Waals surface area contributed by atoms with E-state index >= 15 is 0 Å². The van der Waals surface area contributed by atoms with E-state index in [0.717, 1.165) is 21.5 Å². The largest absolute Gasteiger partial charge is 0.297 e. The van der Waals surface area contributed by atoms with Crippen LogP contribution in [0.15, 0.2) is 84.2 Å². The molecule has 0 aliphatic carbocycles. The van der Waals surface area contributed by atoms with Crippen LogP contribution in [0, 0.1) is 0 Å². The Morgan fingerprint density at radius 3 is 2.59 bits per heavy atom. The van der Waals surface area contributed by atoms with E-state index < -0.39 is 5.91 Å². The molecule has 6 rings (SSSR count). The van der Waals surface area contributed by atoms with Crippen LogP contribution in [-0.2, 0) is 0 Å². The summed E-state index contributed by atoms with van der Waals surface area (Å²) in [6.07, 6.45) is 0. The van der Waals surface area contributed by atoms with Gasteiger partial charge in [0, 0.05) is 5.39 Å². The van der Waals surface area contributed by atoms with E-state index in [9.17, 15) is 4.79 Å². The van der Waals surface area contributed by atoms with Crippen molar-refractivity contribution in [3.05, 3.63) is 90.1 Å². The van der Waals surface area contributed by atoms with E-state index in [1.165, 1.54) is 11.3 Å². The third-order valence-electron chi connectivity index (χ3n) is 5.10. The molecule has 0 saturated carbocycles. The summed E-state index contributed by atoms with van der Waals surface area (Å²) >= 11 is 1.52. The van der Waals surface area contributed by atoms with Gasteiger partial charge in [0.1, 0.15) is 5.69 Å². The van der Waals surface area contributed by atoms with Crippen molar-refractivity contribution in [1.29, 1.82) is 0 Å². The average Bonchev–Trinajstić information content (AvgIpc) is 3.65. The number of nitrogens with one attached hydrogen (secondary N) is 2. The monoisotopic (exact) mass is 464 g/mol. The van der Waals surface area contributed by atoms with Gasteiger partial charge in [-0.25, -0.2) is 14.6 Å². The molecule has 34 heavy (non-hydrogen) atoms. The van der Waals surface area contributed by atoms with Crippen LogP contribution in [-0.4, -0.2) is 40.8 Å². The van der Waals surface area contributed by atoms with E-state index in [0.29, 0.717) is 17.3 Å². The van der Waals surface area contributed by atoms with Crippen LogP contribution in [0.1, 0.15) is 10.6 Å². The molecule has 10 heteroatoms. The summed E-state index contributed by atoms with van der Waals surface area (Å²) < 4.78 is 1.66. The number of fused-ring (bicyclic) bond motifs is 1. The molecular weight excluding hydrogens is 448 g/mol. The number of para-hydroxylation sites is 2. The maximum Gasteiger partial charge on any atom is 0.297 e. The molecule has 2 aromatic carbocycles. The number of amides is 1. The number of carbonyl (C=O) groups is 1. The number of aromatic amines is 1. The Morgan fingerprint density at radius 1 is 0.882 bits per heavy atom. The van der Waals surface area contributed by atoms with Crippen molar-refractivity contribution in [2.75, 3.05) is 5.32 Å². The highest BCUT2D eigenvalue weighted by atomic mass is 32.1.